The van der Waals surface area contributed by atoms with Gasteiger partial charge in [-0.15, -0.1) is 0 Å². The SMILES string of the molecule is O=C(Nc1cc2cnn(C3CCC(CO)CC3)c2cc1N1CCCCC1)c1ncccc1S(F)(F)(F)(F)F. The molecule has 1 aliphatic heterocycles. The Morgan fingerprint density at radius 2 is 1.76 bits per heavy atom. The molecule has 0 atom stereocenters. The maximum Gasteiger partial charge on any atom is 0.312 e. The number of benzene rings is 1. The molecule has 1 amide bonds. The standard InChI is InChI=1S/C25H30F5N5O2S/c26-38(27,28,29,30)23-5-4-10-31-24(23)25(37)33-20-13-18-15-32-35(19-8-6-17(16-36)7-9-19)21(18)14-22(20)34-11-2-1-3-12-34/h4-5,10,13-15,17,19,36H,1-3,6-9,11-12,16H2,(H,33,37). The summed E-state index contributed by atoms with van der Waals surface area (Å²) in [6, 6.07) is 4.55. The van der Waals surface area contributed by atoms with E-state index in [9.17, 15) is 29.3 Å². The number of aliphatic hydroxyl groups excluding tert-OH is 1. The molecule has 13 heteroatoms. The van der Waals surface area contributed by atoms with E-state index in [-0.39, 0.29) is 30.3 Å². The molecular formula is C25H30F5N5O2S. The average Bonchev–Trinajstić information content (AvgIpc) is 3.30. The largest absolute Gasteiger partial charge is 0.396 e. The lowest BCUT2D eigenvalue weighted by molar-refractivity contribution is 0.101. The third-order valence-electron chi connectivity index (χ3n) is 7.48. The fourth-order valence-corrected chi connectivity index (χ4v) is 6.34. The predicted molar refractivity (Wildman–Crippen MR) is 137 cm³/mol. The third kappa shape index (κ3) is 5.44. The Morgan fingerprint density at radius 3 is 2.42 bits per heavy atom. The van der Waals surface area contributed by atoms with Gasteiger partial charge in [-0.1, -0.05) is 19.4 Å². The van der Waals surface area contributed by atoms with Crippen LogP contribution < -0.4 is 10.2 Å². The Bertz CT molecular complexity index is 1350. The van der Waals surface area contributed by atoms with Crippen LogP contribution in [0, 0.1) is 5.92 Å². The van der Waals surface area contributed by atoms with Gasteiger partial charge >= 0.3 is 10.2 Å². The lowest BCUT2D eigenvalue weighted by Crippen LogP contribution is -2.30. The van der Waals surface area contributed by atoms with E-state index in [1.54, 1.807) is 12.3 Å². The van der Waals surface area contributed by atoms with Gasteiger partial charge in [0.1, 0.15) is 4.90 Å². The van der Waals surface area contributed by atoms with Crippen LogP contribution in [0.3, 0.4) is 0 Å². The summed E-state index contributed by atoms with van der Waals surface area (Å²) in [5, 5.41) is 17.1. The molecule has 1 saturated heterocycles. The third-order valence-corrected chi connectivity index (χ3v) is 8.64. The van der Waals surface area contributed by atoms with Crippen LogP contribution in [0.4, 0.5) is 30.8 Å². The van der Waals surface area contributed by atoms with Crippen LogP contribution in [0.15, 0.2) is 41.6 Å². The Labute approximate surface area is 216 Å². The summed E-state index contributed by atoms with van der Waals surface area (Å²) in [4.78, 5) is 16.1. The normalized spacial score (nSPS) is 22.6. The Balaban J connectivity index is 1.53. The van der Waals surface area contributed by atoms with Crippen molar-refractivity contribution in [3.63, 3.8) is 0 Å². The minimum Gasteiger partial charge on any atom is -0.396 e. The van der Waals surface area contributed by atoms with Gasteiger partial charge in [0.05, 0.1) is 29.1 Å². The van der Waals surface area contributed by atoms with Gasteiger partial charge in [-0.05, 0) is 75.1 Å². The molecule has 2 aromatic heterocycles. The number of piperidine rings is 1. The minimum atomic E-state index is -10.2. The lowest BCUT2D eigenvalue weighted by Gasteiger charge is -2.41. The van der Waals surface area contributed by atoms with Crippen molar-refractivity contribution in [2.75, 3.05) is 29.9 Å². The van der Waals surface area contributed by atoms with E-state index in [0.29, 0.717) is 24.2 Å². The lowest BCUT2D eigenvalue weighted by atomic mass is 9.86. The maximum atomic E-state index is 13.7. The Morgan fingerprint density at radius 1 is 1.05 bits per heavy atom. The van der Waals surface area contributed by atoms with Crippen molar-refractivity contribution in [2.45, 2.75) is 55.9 Å². The molecule has 3 heterocycles. The number of amides is 1. The van der Waals surface area contributed by atoms with E-state index in [0.717, 1.165) is 62.7 Å². The van der Waals surface area contributed by atoms with Crippen LogP contribution in [-0.4, -0.2) is 45.5 Å². The van der Waals surface area contributed by atoms with Crippen molar-refractivity contribution in [3.8, 4) is 0 Å². The second kappa shape index (κ2) is 9.08. The number of nitrogens with one attached hydrogen (secondary N) is 1. The first-order valence-electron chi connectivity index (χ1n) is 12.7. The summed E-state index contributed by atoms with van der Waals surface area (Å²) < 4.78 is 70.2. The number of pyridine rings is 1. The van der Waals surface area contributed by atoms with Gasteiger partial charge in [0.25, 0.3) is 5.91 Å². The molecule has 38 heavy (non-hydrogen) atoms. The van der Waals surface area contributed by atoms with Gasteiger partial charge < -0.3 is 15.3 Å². The number of carbonyl (C=O) groups is 1. The topological polar surface area (TPSA) is 83.3 Å². The molecule has 0 unspecified atom stereocenters. The minimum absolute atomic E-state index is 0.138. The van der Waals surface area contributed by atoms with Crippen molar-refractivity contribution < 1.29 is 29.3 Å². The number of carbonyl (C=O) groups excluding carboxylic acids is 1. The predicted octanol–water partition coefficient (Wildman–Crippen LogP) is 7.05. The highest BCUT2D eigenvalue weighted by Crippen LogP contribution is 3.02. The van der Waals surface area contributed by atoms with Crippen molar-refractivity contribution in [2.24, 2.45) is 5.92 Å². The first-order chi connectivity index (χ1) is 17.8. The number of aromatic nitrogens is 3. The van der Waals surface area contributed by atoms with E-state index in [1.807, 2.05) is 15.6 Å². The maximum absolute atomic E-state index is 13.7. The number of hydrogen-bond donors (Lipinski definition) is 2. The number of anilines is 2. The van der Waals surface area contributed by atoms with Crippen LogP contribution in [-0.2, 0) is 0 Å². The Hall–Kier alpha value is -2.93. The highest BCUT2D eigenvalue weighted by atomic mass is 32.5. The molecule has 0 spiro atoms. The van der Waals surface area contributed by atoms with Gasteiger partial charge in [0, 0.05) is 31.3 Å². The number of fused-ring (bicyclic) bond motifs is 1. The molecular weight excluding hydrogens is 529 g/mol. The molecule has 0 bridgehead atoms. The zero-order valence-electron chi connectivity index (χ0n) is 20.6. The molecule has 1 saturated carbocycles. The van der Waals surface area contributed by atoms with Crippen LogP contribution in [0.5, 0.6) is 0 Å². The van der Waals surface area contributed by atoms with Crippen molar-refractivity contribution in [1.29, 1.82) is 0 Å². The number of hydrogen-bond acceptors (Lipinski definition) is 5. The van der Waals surface area contributed by atoms with E-state index >= 15 is 0 Å². The van der Waals surface area contributed by atoms with Crippen molar-refractivity contribution in [3.05, 3.63) is 42.4 Å². The second-order valence-corrected chi connectivity index (χ2v) is 12.6. The van der Waals surface area contributed by atoms with Crippen LogP contribution >= 0.6 is 10.2 Å². The van der Waals surface area contributed by atoms with Gasteiger partial charge in [0.2, 0.25) is 0 Å². The summed E-state index contributed by atoms with van der Waals surface area (Å²) in [7, 11) is -10.2. The van der Waals surface area contributed by atoms with Gasteiger partial charge in [0.15, 0.2) is 5.69 Å². The van der Waals surface area contributed by atoms with Gasteiger partial charge in [-0.2, -0.15) is 5.10 Å². The van der Waals surface area contributed by atoms with E-state index < -0.39 is 26.7 Å². The quantitative estimate of drug-likeness (QED) is 0.316. The summed E-state index contributed by atoms with van der Waals surface area (Å²) in [6.45, 7) is 1.53. The first kappa shape index (κ1) is 26.7. The Kier molecular flexibility index (Phi) is 6.37. The second-order valence-electron chi connectivity index (χ2n) is 10.2. The highest BCUT2D eigenvalue weighted by molar-refractivity contribution is 8.45. The number of nitrogens with zero attached hydrogens (tertiary/aromatic N) is 4. The molecule has 3 aromatic rings. The van der Waals surface area contributed by atoms with Crippen LogP contribution in [0.1, 0.15) is 61.5 Å². The summed E-state index contributed by atoms with van der Waals surface area (Å²) in [5.74, 6) is -1.08. The fraction of sp³-hybridized carbons (Fsp3) is 0.480. The van der Waals surface area contributed by atoms with Crippen LogP contribution in [0.25, 0.3) is 10.9 Å². The smallest absolute Gasteiger partial charge is 0.312 e. The fourth-order valence-electron chi connectivity index (χ4n) is 5.50. The number of rotatable bonds is 6. The van der Waals surface area contributed by atoms with E-state index in [2.05, 4.69) is 15.4 Å². The summed E-state index contributed by atoms with van der Waals surface area (Å²) in [6.07, 6.45) is 8.84. The van der Waals surface area contributed by atoms with Gasteiger partial charge in [-0.3, -0.25) is 9.48 Å². The summed E-state index contributed by atoms with van der Waals surface area (Å²) >= 11 is 0. The first-order valence-corrected chi connectivity index (χ1v) is 14.7. The molecule has 1 aliphatic carbocycles. The zero-order valence-corrected chi connectivity index (χ0v) is 21.4. The molecule has 2 aliphatic rings. The molecule has 208 valence electrons. The van der Waals surface area contributed by atoms with Crippen molar-refractivity contribution >= 4 is 38.4 Å². The molecule has 7 nitrogen and oxygen atoms in total. The molecule has 2 fully saturated rings. The van der Waals surface area contributed by atoms with Gasteiger partial charge in [-0.25, -0.2) is 4.98 Å². The molecule has 0 radical (unpaired) electrons. The molecule has 5 rings (SSSR count). The molecule has 1 aromatic carbocycles. The number of aliphatic hydroxyl groups is 1. The van der Waals surface area contributed by atoms with E-state index in [4.69, 9.17) is 0 Å². The monoisotopic (exact) mass is 559 g/mol. The zero-order chi connectivity index (χ0) is 27.2. The molecule has 2 N–H and O–H groups in total. The summed E-state index contributed by atoms with van der Waals surface area (Å²) in [5.41, 5.74) is 0.266. The van der Waals surface area contributed by atoms with Crippen LogP contribution in [0.2, 0.25) is 0 Å². The number of halogens is 5. The average molecular weight is 560 g/mol. The van der Waals surface area contributed by atoms with Crippen molar-refractivity contribution in [1.82, 2.24) is 14.8 Å². The highest BCUT2D eigenvalue weighted by Gasteiger charge is 2.67. The van der Waals surface area contributed by atoms with E-state index in [1.165, 1.54) is 0 Å².